The van der Waals surface area contributed by atoms with Gasteiger partial charge in [-0.2, -0.15) is 0 Å². The summed E-state index contributed by atoms with van der Waals surface area (Å²) in [6, 6.07) is 4.62. The van der Waals surface area contributed by atoms with Gasteiger partial charge in [-0.05, 0) is 35.5 Å². The van der Waals surface area contributed by atoms with E-state index in [0.29, 0.717) is 5.56 Å². The summed E-state index contributed by atoms with van der Waals surface area (Å²) in [5.74, 6) is -1.33. The Morgan fingerprint density at radius 3 is 2.75 bits per heavy atom. The van der Waals surface area contributed by atoms with Crippen LogP contribution in [-0.4, -0.2) is 28.8 Å². The molecule has 8 heteroatoms. The van der Waals surface area contributed by atoms with Crippen LogP contribution < -0.4 is 10.1 Å². The second kappa shape index (κ2) is 5.98. The molecule has 1 aromatic carbocycles. The molecule has 1 saturated heterocycles. The fourth-order valence-electron chi connectivity index (χ4n) is 1.44. The number of carboxylic acids is 1. The molecule has 0 spiro atoms. The Balaban J connectivity index is 2.17. The molecule has 2 amide bonds. The van der Waals surface area contributed by atoms with E-state index in [2.05, 4.69) is 5.32 Å². The first-order valence-corrected chi connectivity index (χ1v) is 6.54. The van der Waals surface area contributed by atoms with Gasteiger partial charge >= 0.3 is 5.97 Å². The van der Waals surface area contributed by atoms with Crippen molar-refractivity contribution in [2.24, 2.45) is 0 Å². The van der Waals surface area contributed by atoms with Gasteiger partial charge in [0.1, 0.15) is 5.75 Å². The van der Waals surface area contributed by atoms with Crippen molar-refractivity contribution in [2.45, 2.75) is 0 Å². The molecule has 104 valence electrons. The number of hydrogen-bond acceptors (Lipinski definition) is 5. The average molecular weight is 314 g/mol. The number of aliphatic carboxylic acids is 1. The molecule has 1 fully saturated rings. The minimum Gasteiger partial charge on any atom is -0.480 e. The van der Waals surface area contributed by atoms with Crippen molar-refractivity contribution in [2.75, 3.05) is 6.61 Å². The molecule has 0 bridgehead atoms. The van der Waals surface area contributed by atoms with Crippen molar-refractivity contribution in [3.63, 3.8) is 0 Å². The SMILES string of the molecule is O=C(O)COc1ccc(/C=C2\SC(=O)NC2=O)cc1Cl. The average Bonchev–Trinajstić information content (AvgIpc) is 2.66. The predicted molar refractivity (Wildman–Crippen MR) is 73.7 cm³/mol. The normalized spacial score (nSPS) is 16.4. The number of nitrogens with one attached hydrogen (secondary N) is 1. The third-order valence-corrected chi connectivity index (χ3v) is 3.35. The van der Waals surface area contributed by atoms with Gasteiger partial charge in [0, 0.05) is 0 Å². The van der Waals surface area contributed by atoms with Gasteiger partial charge in [0.2, 0.25) is 0 Å². The first-order chi connectivity index (χ1) is 9.45. The Kier molecular flexibility index (Phi) is 4.31. The molecular formula is C12H8ClNO5S. The number of thioether (sulfide) groups is 1. The highest BCUT2D eigenvalue weighted by Crippen LogP contribution is 2.29. The number of amides is 2. The van der Waals surface area contributed by atoms with Crippen molar-refractivity contribution >= 4 is 46.6 Å². The van der Waals surface area contributed by atoms with Gasteiger partial charge in [0.15, 0.2) is 6.61 Å². The maximum Gasteiger partial charge on any atom is 0.341 e. The summed E-state index contributed by atoms with van der Waals surface area (Å²) in [4.78, 5) is 33.0. The minimum atomic E-state index is -1.11. The van der Waals surface area contributed by atoms with Crippen LogP contribution in [0.15, 0.2) is 23.1 Å². The maximum atomic E-state index is 11.4. The molecule has 2 N–H and O–H groups in total. The Bertz CT molecular complexity index is 628. The zero-order chi connectivity index (χ0) is 14.7. The topological polar surface area (TPSA) is 92.7 Å². The zero-order valence-corrected chi connectivity index (χ0v) is 11.5. The van der Waals surface area contributed by atoms with Crippen LogP contribution in [0.3, 0.4) is 0 Å². The third-order valence-electron chi connectivity index (χ3n) is 2.25. The number of carbonyl (C=O) groups excluding carboxylic acids is 2. The fraction of sp³-hybridized carbons (Fsp3) is 0.0833. The van der Waals surface area contributed by atoms with Crippen LogP contribution in [0.2, 0.25) is 5.02 Å². The van der Waals surface area contributed by atoms with Crippen molar-refractivity contribution in [1.82, 2.24) is 5.32 Å². The Labute approximate surface area is 122 Å². The summed E-state index contributed by atoms with van der Waals surface area (Å²) in [5, 5.41) is 10.4. The van der Waals surface area contributed by atoms with Crippen molar-refractivity contribution < 1.29 is 24.2 Å². The molecule has 0 radical (unpaired) electrons. The van der Waals surface area contributed by atoms with Crippen LogP contribution in [0, 0.1) is 0 Å². The first-order valence-electron chi connectivity index (χ1n) is 5.34. The van der Waals surface area contributed by atoms with E-state index in [4.69, 9.17) is 21.4 Å². The van der Waals surface area contributed by atoms with Gasteiger partial charge in [-0.1, -0.05) is 17.7 Å². The van der Waals surface area contributed by atoms with Crippen LogP contribution in [0.4, 0.5) is 4.79 Å². The van der Waals surface area contributed by atoms with Crippen LogP contribution in [-0.2, 0) is 9.59 Å². The molecular weight excluding hydrogens is 306 g/mol. The number of carbonyl (C=O) groups is 3. The molecule has 1 heterocycles. The Hall–Kier alpha value is -1.99. The number of hydrogen-bond donors (Lipinski definition) is 2. The molecule has 2 rings (SSSR count). The zero-order valence-electron chi connectivity index (χ0n) is 9.88. The van der Waals surface area contributed by atoms with E-state index in [9.17, 15) is 14.4 Å². The smallest absolute Gasteiger partial charge is 0.341 e. The lowest BCUT2D eigenvalue weighted by atomic mass is 10.2. The Morgan fingerprint density at radius 1 is 1.45 bits per heavy atom. The van der Waals surface area contributed by atoms with E-state index in [1.807, 2.05) is 0 Å². The number of carboxylic acid groups (broad SMARTS) is 1. The predicted octanol–water partition coefficient (Wildman–Crippen LogP) is 2.13. The van der Waals surface area contributed by atoms with Crippen molar-refractivity contribution in [1.29, 1.82) is 0 Å². The van der Waals surface area contributed by atoms with Gasteiger partial charge in [-0.15, -0.1) is 0 Å². The van der Waals surface area contributed by atoms with Gasteiger partial charge in [-0.25, -0.2) is 4.79 Å². The van der Waals surface area contributed by atoms with Gasteiger partial charge in [0.05, 0.1) is 9.93 Å². The van der Waals surface area contributed by atoms with Crippen molar-refractivity contribution in [3.8, 4) is 5.75 Å². The number of ether oxygens (including phenoxy) is 1. The van der Waals surface area contributed by atoms with E-state index < -0.39 is 23.7 Å². The van der Waals surface area contributed by atoms with E-state index in [0.717, 1.165) is 11.8 Å². The van der Waals surface area contributed by atoms with E-state index in [1.54, 1.807) is 6.07 Å². The molecule has 1 aromatic rings. The molecule has 6 nitrogen and oxygen atoms in total. The molecule has 20 heavy (non-hydrogen) atoms. The molecule has 0 unspecified atom stereocenters. The fourth-order valence-corrected chi connectivity index (χ4v) is 2.36. The number of benzene rings is 1. The third kappa shape index (κ3) is 3.52. The number of halogens is 1. The highest BCUT2D eigenvalue weighted by Gasteiger charge is 2.24. The molecule has 0 aromatic heterocycles. The summed E-state index contributed by atoms with van der Waals surface area (Å²) in [7, 11) is 0. The standard InChI is InChI=1S/C12H8ClNO5S/c13-7-3-6(1-2-8(7)19-5-10(15)16)4-9-11(17)14-12(18)20-9/h1-4H,5H2,(H,15,16)(H,14,17,18)/b9-4-. The second-order valence-electron chi connectivity index (χ2n) is 3.72. The van der Waals surface area contributed by atoms with Crippen LogP contribution >= 0.6 is 23.4 Å². The van der Waals surface area contributed by atoms with Crippen LogP contribution in [0.1, 0.15) is 5.56 Å². The minimum absolute atomic E-state index is 0.218. The molecule has 0 aliphatic carbocycles. The lowest BCUT2D eigenvalue weighted by molar-refractivity contribution is -0.139. The second-order valence-corrected chi connectivity index (χ2v) is 5.15. The summed E-state index contributed by atoms with van der Waals surface area (Å²) in [6.07, 6.45) is 1.51. The first kappa shape index (κ1) is 14.4. The highest BCUT2D eigenvalue weighted by atomic mass is 35.5. The van der Waals surface area contributed by atoms with E-state index in [1.165, 1.54) is 18.2 Å². The summed E-state index contributed by atoms with van der Waals surface area (Å²) < 4.78 is 4.97. The largest absolute Gasteiger partial charge is 0.480 e. The maximum absolute atomic E-state index is 11.4. The van der Waals surface area contributed by atoms with Crippen LogP contribution in [0.25, 0.3) is 6.08 Å². The molecule has 0 saturated carbocycles. The highest BCUT2D eigenvalue weighted by molar-refractivity contribution is 8.18. The molecule has 1 aliphatic heterocycles. The van der Waals surface area contributed by atoms with Gasteiger partial charge in [0.25, 0.3) is 11.1 Å². The Morgan fingerprint density at radius 2 is 2.20 bits per heavy atom. The summed E-state index contributed by atoms with van der Waals surface area (Å²) >= 11 is 6.74. The van der Waals surface area contributed by atoms with Crippen molar-refractivity contribution in [3.05, 3.63) is 33.7 Å². The lowest BCUT2D eigenvalue weighted by Crippen LogP contribution is -2.17. The van der Waals surface area contributed by atoms with Gasteiger partial charge in [-0.3, -0.25) is 14.9 Å². The lowest BCUT2D eigenvalue weighted by Gasteiger charge is -2.06. The van der Waals surface area contributed by atoms with Crippen LogP contribution in [0.5, 0.6) is 5.75 Å². The summed E-state index contributed by atoms with van der Waals surface area (Å²) in [6.45, 7) is -0.493. The number of imide groups is 1. The monoisotopic (exact) mass is 313 g/mol. The van der Waals surface area contributed by atoms with Gasteiger partial charge < -0.3 is 9.84 Å². The van der Waals surface area contributed by atoms with E-state index >= 15 is 0 Å². The molecule has 1 aliphatic rings. The van der Waals surface area contributed by atoms with E-state index in [-0.39, 0.29) is 15.7 Å². The number of rotatable bonds is 4. The summed E-state index contributed by atoms with van der Waals surface area (Å²) in [5.41, 5.74) is 0.602. The molecule has 0 atom stereocenters. The quantitative estimate of drug-likeness (QED) is 0.827.